The number of carbonyl (C=O) groups is 2. The van der Waals surface area contributed by atoms with Crippen molar-refractivity contribution >= 4 is 11.8 Å². The lowest BCUT2D eigenvalue weighted by atomic mass is 9.91. The van der Waals surface area contributed by atoms with Crippen molar-refractivity contribution in [3.63, 3.8) is 0 Å². The van der Waals surface area contributed by atoms with Crippen LogP contribution < -0.4 is 0 Å². The summed E-state index contributed by atoms with van der Waals surface area (Å²) in [4.78, 5) is 37.2. The van der Waals surface area contributed by atoms with E-state index in [0.29, 0.717) is 18.9 Å². The van der Waals surface area contributed by atoms with Crippen molar-refractivity contribution in [3.05, 3.63) is 23.3 Å². The van der Waals surface area contributed by atoms with Gasteiger partial charge in [-0.25, -0.2) is 9.97 Å². The molecule has 2 amide bonds. The average Bonchev–Trinajstić information content (AvgIpc) is 2.59. The summed E-state index contributed by atoms with van der Waals surface area (Å²) in [5, 5.41) is 0. The van der Waals surface area contributed by atoms with Crippen molar-refractivity contribution in [2.75, 3.05) is 19.6 Å². The van der Waals surface area contributed by atoms with Gasteiger partial charge in [0.2, 0.25) is 11.8 Å². The molecule has 1 aromatic heterocycles. The summed E-state index contributed by atoms with van der Waals surface area (Å²) in [6, 6.07) is 0. The highest BCUT2D eigenvalue weighted by atomic mass is 16.2. The maximum absolute atomic E-state index is 12.5. The highest BCUT2D eigenvalue weighted by Crippen LogP contribution is 2.28. The molecule has 2 aliphatic heterocycles. The molecule has 2 aliphatic rings. The number of likely N-dealkylation sites (tertiary alicyclic amines) is 1. The van der Waals surface area contributed by atoms with Crippen LogP contribution in [0.15, 0.2) is 6.20 Å². The molecule has 0 unspecified atom stereocenters. The minimum Gasteiger partial charge on any atom is -0.343 e. The summed E-state index contributed by atoms with van der Waals surface area (Å²) in [6.45, 7) is 10.8. The minimum absolute atomic E-state index is 0.00640. The minimum atomic E-state index is 0.00640. The molecule has 0 bridgehead atoms. The standard InChI is InChI=1S/C20H30N4O2/c1-14(25)23-8-5-15(6-9-23)19-21-12-16-13-24(10-7-17(16)22-19)18(26)11-20(2,3)4/h12,15H,5-11,13H2,1-4H3. The highest BCUT2D eigenvalue weighted by Gasteiger charge is 2.28. The van der Waals surface area contributed by atoms with Crippen molar-refractivity contribution < 1.29 is 9.59 Å². The van der Waals surface area contributed by atoms with Gasteiger partial charge in [-0.2, -0.15) is 0 Å². The van der Waals surface area contributed by atoms with Crippen molar-refractivity contribution in [2.24, 2.45) is 5.41 Å². The van der Waals surface area contributed by atoms with E-state index >= 15 is 0 Å². The molecule has 0 aliphatic carbocycles. The smallest absolute Gasteiger partial charge is 0.223 e. The largest absolute Gasteiger partial charge is 0.343 e. The Labute approximate surface area is 156 Å². The van der Waals surface area contributed by atoms with E-state index in [1.807, 2.05) is 16.0 Å². The van der Waals surface area contributed by atoms with E-state index in [0.717, 1.165) is 56.0 Å². The van der Waals surface area contributed by atoms with Crippen LogP contribution in [0.2, 0.25) is 0 Å². The van der Waals surface area contributed by atoms with Crippen LogP contribution in [0.1, 0.15) is 70.0 Å². The molecule has 1 aromatic rings. The second kappa shape index (κ2) is 7.33. The van der Waals surface area contributed by atoms with Gasteiger partial charge >= 0.3 is 0 Å². The summed E-state index contributed by atoms with van der Waals surface area (Å²) in [6.07, 6.45) is 5.12. The van der Waals surface area contributed by atoms with E-state index < -0.39 is 0 Å². The van der Waals surface area contributed by atoms with Gasteiger partial charge in [-0.05, 0) is 18.3 Å². The topological polar surface area (TPSA) is 66.4 Å². The first-order valence-corrected chi connectivity index (χ1v) is 9.61. The number of piperidine rings is 1. The Balaban J connectivity index is 1.64. The van der Waals surface area contributed by atoms with Crippen molar-refractivity contribution in [1.29, 1.82) is 0 Å². The van der Waals surface area contributed by atoms with Gasteiger partial charge in [-0.3, -0.25) is 9.59 Å². The van der Waals surface area contributed by atoms with Crippen LogP contribution in [-0.2, 0) is 22.6 Å². The van der Waals surface area contributed by atoms with Crippen LogP contribution in [0.4, 0.5) is 0 Å². The zero-order valence-corrected chi connectivity index (χ0v) is 16.4. The zero-order valence-electron chi connectivity index (χ0n) is 16.4. The summed E-state index contributed by atoms with van der Waals surface area (Å²) in [7, 11) is 0. The van der Waals surface area contributed by atoms with Gasteiger partial charge in [0.25, 0.3) is 0 Å². The zero-order chi connectivity index (χ0) is 18.9. The van der Waals surface area contributed by atoms with Gasteiger partial charge in [-0.15, -0.1) is 0 Å². The lowest BCUT2D eigenvalue weighted by molar-refractivity contribution is -0.134. The third-order valence-corrected chi connectivity index (χ3v) is 5.29. The first kappa shape index (κ1) is 18.8. The lowest BCUT2D eigenvalue weighted by Gasteiger charge is -2.32. The van der Waals surface area contributed by atoms with E-state index in [1.54, 1.807) is 6.92 Å². The number of hydrogen-bond acceptors (Lipinski definition) is 4. The molecule has 1 fully saturated rings. The molecule has 6 nitrogen and oxygen atoms in total. The second-order valence-corrected chi connectivity index (χ2v) is 8.78. The second-order valence-electron chi connectivity index (χ2n) is 8.78. The van der Waals surface area contributed by atoms with Gasteiger partial charge in [0.1, 0.15) is 5.82 Å². The molecule has 0 atom stereocenters. The highest BCUT2D eigenvalue weighted by molar-refractivity contribution is 5.77. The number of fused-ring (bicyclic) bond motifs is 1. The van der Waals surface area contributed by atoms with E-state index in [9.17, 15) is 9.59 Å². The molecule has 0 saturated carbocycles. The first-order valence-electron chi connectivity index (χ1n) is 9.61. The molecule has 0 N–H and O–H groups in total. The van der Waals surface area contributed by atoms with Crippen LogP contribution in [0.5, 0.6) is 0 Å². The van der Waals surface area contributed by atoms with E-state index in [-0.39, 0.29) is 17.2 Å². The monoisotopic (exact) mass is 358 g/mol. The maximum atomic E-state index is 12.5. The maximum Gasteiger partial charge on any atom is 0.223 e. The van der Waals surface area contributed by atoms with Gasteiger partial charge in [-0.1, -0.05) is 20.8 Å². The van der Waals surface area contributed by atoms with Gasteiger partial charge in [0.15, 0.2) is 0 Å². The fourth-order valence-corrected chi connectivity index (χ4v) is 3.76. The Hall–Kier alpha value is -1.98. The Morgan fingerprint density at radius 2 is 1.85 bits per heavy atom. The van der Waals surface area contributed by atoms with Gasteiger partial charge in [0, 0.05) is 63.6 Å². The Kier molecular flexibility index (Phi) is 5.30. The number of rotatable bonds is 2. The first-order chi connectivity index (χ1) is 12.2. The van der Waals surface area contributed by atoms with E-state index in [4.69, 9.17) is 4.98 Å². The molecular formula is C20H30N4O2. The summed E-state index contributed by atoms with van der Waals surface area (Å²) in [5.74, 6) is 1.59. The predicted octanol–water partition coefficient (Wildman–Crippen LogP) is 2.52. The molecule has 3 heterocycles. The van der Waals surface area contributed by atoms with E-state index in [1.165, 1.54) is 0 Å². The molecule has 1 saturated heterocycles. The fraction of sp³-hybridized carbons (Fsp3) is 0.700. The van der Waals surface area contributed by atoms with Crippen LogP contribution >= 0.6 is 0 Å². The summed E-state index contributed by atoms with van der Waals surface area (Å²) >= 11 is 0. The SMILES string of the molecule is CC(=O)N1CCC(c2ncc3c(n2)CCN(C(=O)CC(C)(C)C)C3)CC1. The van der Waals surface area contributed by atoms with E-state index in [2.05, 4.69) is 25.8 Å². The molecule has 3 rings (SSSR count). The van der Waals surface area contributed by atoms with Crippen LogP contribution in [0.3, 0.4) is 0 Å². The van der Waals surface area contributed by atoms with Crippen LogP contribution in [0.25, 0.3) is 0 Å². The number of aromatic nitrogens is 2. The number of amides is 2. The van der Waals surface area contributed by atoms with Gasteiger partial charge < -0.3 is 9.80 Å². The predicted molar refractivity (Wildman–Crippen MR) is 99.5 cm³/mol. The third-order valence-electron chi connectivity index (χ3n) is 5.29. The molecule has 26 heavy (non-hydrogen) atoms. The van der Waals surface area contributed by atoms with Crippen molar-refractivity contribution in [3.8, 4) is 0 Å². The number of nitrogens with zero attached hydrogens (tertiary/aromatic N) is 4. The van der Waals surface area contributed by atoms with Crippen molar-refractivity contribution in [1.82, 2.24) is 19.8 Å². The molecule has 0 radical (unpaired) electrons. The Morgan fingerprint density at radius 3 is 2.46 bits per heavy atom. The third kappa shape index (κ3) is 4.40. The lowest BCUT2D eigenvalue weighted by Crippen LogP contribution is -2.39. The summed E-state index contributed by atoms with van der Waals surface area (Å²) < 4.78 is 0. The molecule has 6 heteroatoms. The average molecular weight is 358 g/mol. The number of carbonyl (C=O) groups excluding carboxylic acids is 2. The molecule has 0 aromatic carbocycles. The molecule has 0 spiro atoms. The van der Waals surface area contributed by atoms with Crippen LogP contribution in [-0.4, -0.2) is 51.2 Å². The van der Waals surface area contributed by atoms with Crippen LogP contribution in [0, 0.1) is 5.41 Å². The number of hydrogen-bond donors (Lipinski definition) is 0. The normalized spacial score (nSPS) is 18.6. The Morgan fingerprint density at radius 1 is 1.15 bits per heavy atom. The van der Waals surface area contributed by atoms with Gasteiger partial charge in [0.05, 0.1) is 5.69 Å². The quantitative estimate of drug-likeness (QED) is 0.815. The fourth-order valence-electron chi connectivity index (χ4n) is 3.76. The molecule has 142 valence electrons. The molecular weight excluding hydrogens is 328 g/mol. The van der Waals surface area contributed by atoms with Crippen molar-refractivity contribution in [2.45, 2.75) is 65.8 Å². The summed E-state index contributed by atoms with van der Waals surface area (Å²) in [5.41, 5.74) is 2.17. The Bertz CT molecular complexity index is 688.